The lowest BCUT2D eigenvalue weighted by Gasteiger charge is -2.29. The van der Waals surface area contributed by atoms with Crippen molar-refractivity contribution >= 4 is 5.91 Å². The number of hydrogen-bond acceptors (Lipinski definition) is 5. The monoisotopic (exact) mass is 369 g/mol. The number of aliphatic hydroxyl groups excluding tert-OH is 1. The van der Waals surface area contributed by atoms with Crippen LogP contribution in [-0.4, -0.2) is 63.3 Å². The quantitative estimate of drug-likeness (QED) is 0.835. The Labute approximate surface area is 159 Å². The van der Waals surface area contributed by atoms with Crippen LogP contribution in [0.4, 0.5) is 0 Å². The molecule has 0 radical (unpaired) electrons. The van der Waals surface area contributed by atoms with Crippen LogP contribution in [0.5, 0.6) is 0 Å². The van der Waals surface area contributed by atoms with Crippen molar-refractivity contribution in [3.05, 3.63) is 41.7 Å². The molecule has 1 fully saturated rings. The fourth-order valence-electron chi connectivity index (χ4n) is 3.94. The number of hydrazine groups is 1. The van der Waals surface area contributed by atoms with Crippen molar-refractivity contribution in [1.82, 2.24) is 24.9 Å². The van der Waals surface area contributed by atoms with Gasteiger partial charge in [-0.25, -0.2) is 9.99 Å². The summed E-state index contributed by atoms with van der Waals surface area (Å²) in [5.41, 5.74) is 5.50. The number of rotatable bonds is 5. The summed E-state index contributed by atoms with van der Waals surface area (Å²) < 4.78 is 2.16. The van der Waals surface area contributed by atoms with Crippen LogP contribution < -0.4 is 5.43 Å². The maximum Gasteiger partial charge on any atom is 0.286 e. The zero-order chi connectivity index (χ0) is 18.6. The molecule has 4 rings (SSSR count). The maximum absolute atomic E-state index is 13.0. The fraction of sp³-hybridized carbons (Fsp3) is 0.500. The highest BCUT2D eigenvalue weighted by Crippen LogP contribution is 2.26. The maximum atomic E-state index is 13.0. The third-order valence-corrected chi connectivity index (χ3v) is 5.36. The standard InChI is InChI=1S/C20H27N5O2/c26-14-13-23-11-12-25-17(15-23)18(20(27)22-24-9-5-2-6-10-24)21-19(25)16-7-3-1-4-8-16/h1,3-4,7-8,26H,2,5-6,9-15H2,(H,22,27). The van der Waals surface area contributed by atoms with Gasteiger partial charge in [-0.3, -0.25) is 15.1 Å². The van der Waals surface area contributed by atoms with Gasteiger partial charge in [0.25, 0.3) is 5.91 Å². The van der Waals surface area contributed by atoms with Crippen LogP contribution in [0.2, 0.25) is 0 Å². The van der Waals surface area contributed by atoms with Crippen LogP contribution in [0.15, 0.2) is 30.3 Å². The van der Waals surface area contributed by atoms with E-state index in [0.29, 0.717) is 18.8 Å². The predicted molar refractivity (Wildman–Crippen MR) is 103 cm³/mol. The van der Waals surface area contributed by atoms with Gasteiger partial charge in [0.2, 0.25) is 0 Å². The van der Waals surface area contributed by atoms with Crippen LogP contribution >= 0.6 is 0 Å². The van der Waals surface area contributed by atoms with Gasteiger partial charge in [0.1, 0.15) is 5.82 Å². The topological polar surface area (TPSA) is 73.6 Å². The summed E-state index contributed by atoms with van der Waals surface area (Å²) in [6, 6.07) is 10.0. The van der Waals surface area contributed by atoms with E-state index in [1.807, 2.05) is 35.3 Å². The van der Waals surface area contributed by atoms with Crippen molar-refractivity contribution in [2.24, 2.45) is 0 Å². The highest BCUT2D eigenvalue weighted by molar-refractivity contribution is 5.94. The van der Waals surface area contributed by atoms with Gasteiger partial charge >= 0.3 is 0 Å². The Bertz CT molecular complexity index is 783. The van der Waals surface area contributed by atoms with E-state index in [1.165, 1.54) is 6.42 Å². The number of carbonyl (C=O) groups excluding carboxylic acids is 1. The molecule has 7 nitrogen and oxygen atoms in total. The van der Waals surface area contributed by atoms with E-state index in [2.05, 4.69) is 14.9 Å². The molecule has 2 aliphatic heterocycles. The van der Waals surface area contributed by atoms with E-state index >= 15 is 0 Å². The number of aliphatic hydroxyl groups is 1. The average Bonchev–Trinajstić information content (AvgIpc) is 3.09. The summed E-state index contributed by atoms with van der Waals surface area (Å²) in [4.78, 5) is 19.9. The molecule has 2 aliphatic rings. The molecule has 0 aliphatic carbocycles. The van der Waals surface area contributed by atoms with Crippen molar-refractivity contribution in [3.8, 4) is 11.4 Å². The van der Waals surface area contributed by atoms with Crippen molar-refractivity contribution < 1.29 is 9.90 Å². The molecule has 1 aromatic heterocycles. The number of aromatic nitrogens is 2. The van der Waals surface area contributed by atoms with Gasteiger partial charge < -0.3 is 9.67 Å². The lowest BCUT2D eigenvalue weighted by atomic mass is 10.2. The molecule has 0 spiro atoms. The Balaban J connectivity index is 1.65. The molecule has 1 saturated heterocycles. The molecule has 1 aromatic carbocycles. The molecule has 0 saturated carbocycles. The third kappa shape index (κ3) is 3.90. The Morgan fingerprint density at radius 3 is 2.59 bits per heavy atom. The summed E-state index contributed by atoms with van der Waals surface area (Å²) in [5.74, 6) is 0.715. The van der Waals surface area contributed by atoms with Crippen LogP contribution in [0.3, 0.4) is 0 Å². The summed E-state index contributed by atoms with van der Waals surface area (Å²) in [5, 5.41) is 11.3. The largest absolute Gasteiger partial charge is 0.395 e. The average molecular weight is 369 g/mol. The smallest absolute Gasteiger partial charge is 0.286 e. The van der Waals surface area contributed by atoms with Crippen LogP contribution in [0, 0.1) is 0 Å². The molecule has 0 bridgehead atoms. The summed E-state index contributed by atoms with van der Waals surface area (Å²) in [6.07, 6.45) is 3.45. The molecule has 7 heteroatoms. The van der Waals surface area contributed by atoms with Gasteiger partial charge in [0.05, 0.1) is 12.3 Å². The van der Waals surface area contributed by atoms with Crippen molar-refractivity contribution in [1.29, 1.82) is 0 Å². The number of nitrogens with one attached hydrogen (secondary N) is 1. The molecule has 27 heavy (non-hydrogen) atoms. The van der Waals surface area contributed by atoms with E-state index in [1.54, 1.807) is 0 Å². The molecular formula is C20H27N5O2. The third-order valence-electron chi connectivity index (χ3n) is 5.36. The lowest BCUT2D eigenvalue weighted by Crippen LogP contribution is -2.45. The first-order valence-corrected chi connectivity index (χ1v) is 9.80. The Hall–Kier alpha value is -2.22. The van der Waals surface area contributed by atoms with Crippen molar-refractivity contribution in [2.45, 2.75) is 32.4 Å². The van der Waals surface area contributed by atoms with Crippen molar-refractivity contribution in [3.63, 3.8) is 0 Å². The zero-order valence-corrected chi connectivity index (χ0v) is 15.6. The number of carbonyl (C=O) groups is 1. The second kappa shape index (κ2) is 8.21. The second-order valence-electron chi connectivity index (χ2n) is 7.24. The minimum absolute atomic E-state index is 0.120. The number of piperidine rings is 1. The van der Waals surface area contributed by atoms with Gasteiger partial charge in [-0.1, -0.05) is 36.8 Å². The highest BCUT2D eigenvalue weighted by Gasteiger charge is 2.28. The minimum Gasteiger partial charge on any atom is -0.395 e. The Kier molecular flexibility index (Phi) is 5.52. The second-order valence-corrected chi connectivity index (χ2v) is 7.24. The number of imidazole rings is 1. The summed E-state index contributed by atoms with van der Waals surface area (Å²) in [6.45, 7) is 4.76. The first-order chi connectivity index (χ1) is 13.3. The van der Waals surface area contributed by atoms with E-state index in [4.69, 9.17) is 4.98 Å². The van der Waals surface area contributed by atoms with E-state index in [-0.39, 0.29) is 12.5 Å². The number of β-amino-alcohol motifs (C(OH)–C–C–N with tert-alkyl or cyclic N) is 1. The van der Waals surface area contributed by atoms with Crippen molar-refractivity contribution in [2.75, 3.05) is 32.8 Å². The SMILES string of the molecule is O=C(NN1CCCCC1)c1nc(-c2ccccc2)n2c1CN(CCO)CC2. The van der Waals surface area contributed by atoms with Gasteiger partial charge in [-0.05, 0) is 12.8 Å². The Morgan fingerprint density at radius 1 is 1.07 bits per heavy atom. The van der Waals surface area contributed by atoms with Crippen LogP contribution in [0.1, 0.15) is 35.4 Å². The van der Waals surface area contributed by atoms with E-state index in [0.717, 1.165) is 56.1 Å². The first-order valence-electron chi connectivity index (χ1n) is 9.80. The minimum atomic E-state index is -0.131. The molecule has 144 valence electrons. The number of nitrogens with zero attached hydrogens (tertiary/aromatic N) is 4. The lowest BCUT2D eigenvalue weighted by molar-refractivity contribution is 0.0741. The zero-order valence-electron chi connectivity index (χ0n) is 15.6. The van der Waals surface area contributed by atoms with Gasteiger partial charge in [-0.15, -0.1) is 0 Å². The Morgan fingerprint density at radius 2 is 1.85 bits per heavy atom. The number of benzene rings is 1. The van der Waals surface area contributed by atoms with E-state index in [9.17, 15) is 9.90 Å². The summed E-state index contributed by atoms with van der Waals surface area (Å²) >= 11 is 0. The fourth-order valence-corrected chi connectivity index (χ4v) is 3.94. The normalized spacial score (nSPS) is 18.3. The molecular weight excluding hydrogens is 342 g/mol. The molecule has 0 unspecified atom stereocenters. The number of fused-ring (bicyclic) bond motifs is 1. The predicted octanol–water partition coefficient (Wildman–Crippen LogP) is 1.49. The number of amides is 1. The van der Waals surface area contributed by atoms with Gasteiger partial charge in [-0.2, -0.15) is 0 Å². The summed E-state index contributed by atoms with van der Waals surface area (Å²) in [7, 11) is 0. The molecule has 1 amide bonds. The number of hydrogen-bond donors (Lipinski definition) is 2. The first kappa shape index (κ1) is 18.2. The molecule has 3 heterocycles. The molecule has 2 aromatic rings. The van der Waals surface area contributed by atoms with Crippen LogP contribution in [0.25, 0.3) is 11.4 Å². The highest BCUT2D eigenvalue weighted by atomic mass is 16.3. The van der Waals surface area contributed by atoms with E-state index < -0.39 is 0 Å². The van der Waals surface area contributed by atoms with Crippen LogP contribution in [-0.2, 0) is 13.1 Å². The van der Waals surface area contributed by atoms with Gasteiger partial charge in [0.15, 0.2) is 5.69 Å². The molecule has 2 N–H and O–H groups in total. The van der Waals surface area contributed by atoms with Gasteiger partial charge in [0, 0.05) is 44.8 Å². The molecule has 0 atom stereocenters.